The van der Waals surface area contributed by atoms with Crippen molar-refractivity contribution >= 4 is 23.2 Å². The predicted octanol–water partition coefficient (Wildman–Crippen LogP) is 2.33. The maximum atomic E-state index is 6.17. The molecule has 17 heavy (non-hydrogen) atoms. The van der Waals surface area contributed by atoms with E-state index in [1.807, 2.05) is 12.1 Å². The molecule has 1 unspecified atom stereocenters. The number of nitrogens with two attached hydrogens (primary N) is 1. The number of hydrogen-bond acceptors (Lipinski definition) is 3. The Balaban J connectivity index is 2.00. The first-order valence-electron chi connectivity index (χ1n) is 5.67. The molecule has 2 N–H and O–H groups in total. The predicted molar refractivity (Wildman–Crippen MR) is 70.6 cm³/mol. The summed E-state index contributed by atoms with van der Waals surface area (Å²) in [5, 5.41) is 1.27. The van der Waals surface area contributed by atoms with Crippen molar-refractivity contribution in [3.05, 3.63) is 33.8 Å². The summed E-state index contributed by atoms with van der Waals surface area (Å²) < 4.78 is 5.30. The lowest BCUT2D eigenvalue weighted by Gasteiger charge is -2.29. The van der Waals surface area contributed by atoms with Gasteiger partial charge in [0.25, 0.3) is 0 Å². The van der Waals surface area contributed by atoms with Crippen molar-refractivity contribution in [3.63, 3.8) is 0 Å². The second kappa shape index (κ2) is 6.03. The van der Waals surface area contributed by atoms with Gasteiger partial charge in [0.2, 0.25) is 0 Å². The molecule has 5 heteroatoms. The maximum absolute atomic E-state index is 6.17. The molecule has 1 aromatic rings. The van der Waals surface area contributed by atoms with Crippen molar-refractivity contribution in [2.75, 3.05) is 32.8 Å². The van der Waals surface area contributed by atoms with Crippen LogP contribution in [0.25, 0.3) is 0 Å². The van der Waals surface area contributed by atoms with Crippen molar-refractivity contribution in [2.45, 2.75) is 6.04 Å². The Morgan fingerprint density at radius 2 is 2.00 bits per heavy atom. The third-order valence-electron chi connectivity index (χ3n) is 2.92. The largest absolute Gasteiger partial charge is 0.379 e. The van der Waals surface area contributed by atoms with Gasteiger partial charge in [-0.3, -0.25) is 4.90 Å². The number of nitrogens with zero attached hydrogens (tertiary/aromatic N) is 1. The third-order valence-corrected chi connectivity index (χ3v) is 3.48. The summed E-state index contributed by atoms with van der Waals surface area (Å²) in [5.74, 6) is 0. The van der Waals surface area contributed by atoms with Gasteiger partial charge in [0.05, 0.1) is 13.2 Å². The molecule has 0 amide bonds. The van der Waals surface area contributed by atoms with Crippen molar-refractivity contribution in [1.82, 2.24) is 4.90 Å². The molecule has 0 spiro atoms. The zero-order chi connectivity index (χ0) is 12.3. The molecule has 1 fully saturated rings. The zero-order valence-corrected chi connectivity index (χ0v) is 11.0. The van der Waals surface area contributed by atoms with Gasteiger partial charge in [-0.05, 0) is 17.7 Å². The Hall–Kier alpha value is -0.320. The first-order chi connectivity index (χ1) is 8.16. The first kappa shape index (κ1) is 13.1. The highest BCUT2D eigenvalue weighted by Gasteiger charge is 2.17. The fourth-order valence-corrected chi connectivity index (χ4v) is 2.51. The van der Waals surface area contributed by atoms with E-state index >= 15 is 0 Å². The monoisotopic (exact) mass is 274 g/mol. The van der Waals surface area contributed by atoms with E-state index in [2.05, 4.69) is 4.90 Å². The molecule has 94 valence electrons. The lowest BCUT2D eigenvalue weighted by Crippen LogP contribution is -2.40. The lowest BCUT2D eigenvalue weighted by molar-refractivity contribution is 0.0352. The smallest absolute Gasteiger partial charge is 0.0594 e. The van der Waals surface area contributed by atoms with E-state index in [-0.39, 0.29) is 6.04 Å². The SMILES string of the molecule is NC(CN1CCOCC1)c1ccc(Cl)cc1Cl. The van der Waals surface area contributed by atoms with Gasteiger partial charge in [-0.15, -0.1) is 0 Å². The lowest BCUT2D eigenvalue weighted by atomic mass is 10.1. The highest BCUT2D eigenvalue weighted by atomic mass is 35.5. The standard InChI is InChI=1S/C12H16Cl2N2O/c13-9-1-2-10(11(14)7-9)12(15)8-16-3-5-17-6-4-16/h1-2,7,12H,3-6,8,15H2. The van der Waals surface area contributed by atoms with Crippen LogP contribution < -0.4 is 5.73 Å². The van der Waals surface area contributed by atoms with Crippen LogP contribution in [0.4, 0.5) is 0 Å². The quantitative estimate of drug-likeness (QED) is 0.920. The van der Waals surface area contributed by atoms with Crippen LogP contribution in [0.2, 0.25) is 10.0 Å². The average Bonchev–Trinajstić information content (AvgIpc) is 2.30. The number of rotatable bonds is 3. The van der Waals surface area contributed by atoms with Gasteiger partial charge in [-0.2, -0.15) is 0 Å². The van der Waals surface area contributed by atoms with Gasteiger partial charge in [0.1, 0.15) is 0 Å². The Labute approximate surface area is 111 Å². The molecular formula is C12H16Cl2N2O. The first-order valence-corrected chi connectivity index (χ1v) is 6.43. The number of hydrogen-bond donors (Lipinski definition) is 1. The molecule has 3 nitrogen and oxygen atoms in total. The molecule has 0 bridgehead atoms. The molecule has 0 aliphatic carbocycles. The molecule has 0 aromatic heterocycles. The highest BCUT2D eigenvalue weighted by Crippen LogP contribution is 2.25. The minimum atomic E-state index is -0.0853. The molecule has 1 aliphatic heterocycles. The fourth-order valence-electron chi connectivity index (χ4n) is 1.96. The summed E-state index contributed by atoms with van der Waals surface area (Å²) in [6.07, 6.45) is 0. The average molecular weight is 275 g/mol. The Morgan fingerprint density at radius 1 is 1.29 bits per heavy atom. The minimum absolute atomic E-state index is 0.0853. The van der Waals surface area contributed by atoms with Gasteiger partial charge in [-0.1, -0.05) is 29.3 Å². The van der Waals surface area contributed by atoms with E-state index in [1.54, 1.807) is 6.07 Å². The van der Waals surface area contributed by atoms with Gasteiger partial charge in [0, 0.05) is 35.7 Å². The van der Waals surface area contributed by atoms with Crippen LogP contribution in [0.3, 0.4) is 0 Å². The van der Waals surface area contributed by atoms with Crippen molar-refractivity contribution in [3.8, 4) is 0 Å². The normalized spacial score (nSPS) is 19.2. The van der Waals surface area contributed by atoms with Crippen LogP contribution in [-0.4, -0.2) is 37.7 Å². The summed E-state index contributed by atoms with van der Waals surface area (Å²) in [6.45, 7) is 4.21. The van der Waals surface area contributed by atoms with Crippen molar-refractivity contribution < 1.29 is 4.74 Å². The Morgan fingerprint density at radius 3 is 2.65 bits per heavy atom. The molecular weight excluding hydrogens is 259 g/mol. The zero-order valence-electron chi connectivity index (χ0n) is 9.53. The van der Waals surface area contributed by atoms with Gasteiger partial charge in [-0.25, -0.2) is 0 Å². The second-order valence-electron chi connectivity index (χ2n) is 4.19. The summed E-state index contributed by atoms with van der Waals surface area (Å²) in [7, 11) is 0. The van der Waals surface area contributed by atoms with Crippen LogP contribution in [0.5, 0.6) is 0 Å². The molecule has 0 saturated carbocycles. The van der Waals surface area contributed by atoms with Crippen LogP contribution >= 0.6 is 23.2 Å². The highest BCUT2D eigenvalue weighted by molar-refractivity contribution is 6.35. The van der Waals surface area contributed by atoms with Gasteiger partial charge < -0.3 is 10.5 Å². The van der Waals surface area contributed by atoms with Crippen LogP contribution in [0.15, 0.2) is 18.2 Å². The topological polar surface area (TPSA) is 38.5 Å². The summed E-state index contributed by atoms with van der Waals surface area (Å²) in [5.41, 5.74) is 7.11. The van der Waals surface area contributed by atoms with E-state index in [9.17, 15) is 0 Å². The third kappa shape index (κ3) is 3.57. The van der Waals surface area contributed by atoms with E-state index in [4.69, 9.17) is 33.7 Å². The maximum Gasteiger partial charge on any atom is 0.0594 e. The summed E-state index contributed by atoms with van der Waals surface area (Å²) >= 11 is 12.0. The number of benzene rings is 1. The second-order valence-corrected chi connectivity index (χ2v) is 5.03. The van der Waals surface area contributed by atoms with Crippen LogP contribution in [0, 0.1) is 0 Å². The number of morpholine rings is 1. The van der Waals surface area contributed by atoms with Gasteiger partial charge >= 0.3 is 0 Å². The van der Waals surface area contributed by atoms with E-state index in [1.165, 1.54) is 0 Å². The number of halogens is 2. The molecule has 1 heterocycles. The summed E-state index contributed by atoms with van der Waals surface area (Å²) in [6, 6.07) is 5.37. The van der Waals surface area contributed by atoms with Crippen LogP contribution in [0.1, 0.15) is 11.6 Å². The van der Waals surface area contributed by atoms with Crippen molar-refractivity contribution in [2.24, 2.45) is 5.73 Å². The minimum Gasteiger partial charge on any atom is -0.379 e. The molecule has 1 atom stereocenters. The molecule has 1 saturated heterocycles. The summed E-state index contributed by atoms with van der Waals surface area (Å²) in [4.78, 5) is 2.29. The van der Waals surface area contributed by atoms with E-state index in [0.717, 1.165) is 38.4 Å². The molecule has 1 aliphatic rings. The van der Waals surface area contributed by atoms with E-state index in [0.29, 0.717) is 10.0 Å². The van der Waals surface area contributed by atoms with Crippen molar-refractivity contribution in [1.29, 1.82) is 0 Å². The number of ether oxygens (including phenoxy) is 1. The van der Waals surface area contributed by atoms with E-state index < -0.39 is 0 Å². The molecule has 0 radical (unpaired) electrons. The Kier molecular flexibility index (Phi) is 4.65. The van der Waals surface area contributed by atoms with Crippen LogP contribution in [-0.2, 0) is 4.74 Å². The Bertz CT molecular complexity index is 381. The molecule has 2 rings (SSSR count). The molecule has 1 aromatic carbocycles. The fraction of sp³-hybridized carbons (Fsp3) is 0.500. The van der Waals surface area contributed by atoms with Gasteiger partial charge in [0.15, 0.2) is 0 Å².